The van der Waals surface area contributed by atoms with Gasteiger partial charge in [-0.05, 0) is 56.6 Å². The first-order valence-corrected chi connectivity index (χ1v) is 13.3. The van der Waals surface area contributed by atoms with Crippen molar-refractivity contribution in [1.29, 1.82) is 0 Å². The Morgan fingerprint density at radius 2 is 1.65 bits per heavy atom. The molecule has 0 fully saturated rings. The number of carbonyl (C=O) groups excluding carboxylic acids is 1. The summed E-state index contributed by atoms with van der Waals surface area (Å²) in [6.07, 6.45) is 1.16. The maximum Gasteiger partial charge on any atom is 0.260 e. The number of hydrogen-bond donors (Lipinski definition) is 0. The van der Waals surface area contributed by atoms with Crippen LogP contribution in [0.3, 0.4) is 0 Å². The molecule has 0 spiro atoms. The Bertz CT molecular complexity index is 1420. The summed E-state index contributed by atoms with van der Waals surface area (Å²) in [7, 11) is 0.396. The lowest BCUT2D eigenvalue weighted by Gasteiger charge is -2.22. The molecule has 0 aliphatic rings. The van der Waals surface area contributed by atoms with E-state index in [9.17, 15) is 13.2 Å². The van der Waals surface area contributed by atoms with Gasteiger partial charge in [0.1, 0.15) is 17.0 Å². The van der Waals surface area contributed by atoms with Crippen molar-refractivity contribution in [2.45, 2.75) is 4.90 Å². The zero-order chi connectivity index (χ0) is 24.3. The number of aromatic nitrogens is 1. The standard InChI is InChI=1S/C25H25N3O4S2/c1-27(2)15-16-28(25-26-23-21(33-25)13-8-14-22(23)34(3,30)31)24(29)18-9-7-12-20(17-18)32-19-10-5-4-6-11-19/h4-14,17H,15-16H2,1-3H3. The number of rotatable bonds is 8. The van der Waals surface area contributed by atoms with Crippen molar-refractivity contribution in [3.63, 3.8) is 0 Å². The van der Waals surface area contributed by atoms with Crippen LogP contribution in [0.2, 0.25) is 0 Å². The van der Waals surface area contributed by atoms with Crippen LogP contribution in [-0.4, -0.2) is 57.6 Å². The quantitative estimate of drug-likeness (QED) is 0.353. The van der Waals surface area contributed by atoms with E-state index in [1.165, 1.54) is 17.4 Å². The van der Waals surface area contributed by atoms with Crippen LogP contribution in [0.15, 0.2) is 77.7 Å². The number of carbonyl (C=O) groups is 1. The highest BCUT2D eigenvalue weighted by atomic mass is 32.2. The normalized spacial score (nSPS) is 11.6. The van der Waals surface area contributed by atoms with Crippen LogP contribution >= 0.6 is 11.3 Å². The van der Waals surface area contributed by atoms with E-state index in [-0.39, 0.29) is 10.8 Å². The van der Waals surface area contributed by atoms with Crippen molar-refractivity contribution in [1.82, 2.24) is 9.88 Å². The van der Waals surface area contributed by atoms with Gasteiger partial charge >= 0.3 is 0 Å². The smallest absolute Gasteiger partial charge is 0.260 e. The van der Waals surface area contributed by atoms with Crippen LogP contribution in [0.4, 0.5) is 5.13 Å². The molecule has 0 saturated heterocycles. The highest BCUT2D eigenvalue weighted by Gasteiger charge is 2.24. The molecule has 4 aromatic rings. The third-order valence-corrected chi connectivity index (χ3v) is 7.25. The Morgan fingerprint density at radius 3 is 2.35 bits per heavy atom. The Labute approximate surface area is 203 Å². The molecule has 0 aliphatic heterocycles. The van der Waals surface area contributed by atoms with Gasteiger partial charge in [0, 0.05) is 24.9 Å². The molecule has 3 aromatic carbocycles. The van der Waals surface area contributed by atoms with E-state index in [2.05, 4.69) is 4.98 Å². The average Bonchev–Trinajstić information content (AvgIpc) is 3.23. The number of hydrogen-bond acceptors (Lipinski definition) is 7. The number of likely N-dealkylation sites (N-methyl/N-ethyl adjacent to an activating group) is 1. The van der Waals surface area contributed by atoms with E-state index in [1.807, 2.05) is 55.4 Å². The molecule has 0 bridgehead atoms. The van der Waals surface area contributed by atoms with Crippen molar-refractivity contribution >= 4 is 42.4 Å². The van der Waals surface area contributed by atoms with Crippen molar-refractivity contribution < 1.29 is 17.9 Å². The van der Waals surface area contributed by atoms with Gasteiger partial charge in [0.05, 0.1) is 9.60 Å². The van der Waals surface area contributed by atoms with Crippen LogP contribution in [-0.2, 0) is 9.84 Å². The number of amides is 1. The molecule has 0 saturated carbocycles. The largest absolute Gasteiger partial charge is 0.457 e. The minimum atomic E-state index is -3.46. The van der Waals surface area contributed by atoms with Gasteiger partial charge in [-0.1, -0.05) is 41.7 Å². The fourth-order valence-electron chi connectivity index (χ4n) is 3.38. The van der Waals surface area contributed by atoms with Gasteiger partial charge in [-0.2, -0.15) is 0 Å². The fourth-order valence-corrected chi connectivity index (χ4v) is 5.30. The highest BCUT2D eigenvalue weighted by Crippen LogP contribution is 2.33. The zero-order valence-corrected chi connectivity index (χ0v) is 20.8. The van der Waals surface area contributed by atoms with Gasteiger partial charge in [0.25, 0.3) is 5.91 Å². The van der Waals surface area contributed by atoms with E-state index in [0.717, 1.165) is 6.26 Å². The summed E-state index contributed by atoms with van der Waals surface area (Å²) in [5, 5.41) is 0.451. The zero-order valence-electron chi connectivity index (χ0n) is 19.1. The Kier molecular flexibility index (Phi) is 6.97. The maximum absolute atomic E-state index is 13.6. The number of para-hydroxylation sites is 2. The molecule has 0 radical (unpaired) electrons. The van der Waals surface area contributed by atoms with E-state index >= 15 is 0 Å². The number of fused-ring (bicyclic) bond motifs is 1. The second-order valence-electron chi connectivity index (χ2n) is 8.07. The SMILES string of the molecule is CN(C)CCN(C(=O)c1cccc(Oc2ccccc2)c1)c1nc2c(S(C)(=O)=O)cccc2s1. The van der Waals surface area contributed by atoms with Gasteiger partial charge in [-0.25, -0.2) is 13.4 Å². The number of nitrogens with zero attached hydrogens (tertiary/aromatic N) is 3. The van der Waals surface area contributed by atoms with Crippen LogP contribution in [0.25, 0.3) is 10.2 Å². The summed E-state index contributed by atoms with van der Waals surface area (Å²) in [6, 6.07) is 21.4. The maximum atomic E-state index is 13.6. The van der Waals surface area contributed by atoms with Crippen molar-refractivity contribution in [2.75, 3.05) is 38.3 Å². The molecule has 7 nitrogen and oxygen atoms in total. The van der Waals surface area contributed by atoms with E-state index in [1.54, 1.807) is 35.2 Å². The third-order valence-electron chi connectivity index (χ3n) is 5.08. The summed E-state index contributed by atoms with van der Waals surface area (Å²) < 4.78 is 31.1. The summed E-state index contributed by atoms with van der Waals surface area (Å²) in [5.41, 5.74) is 0.837. The molecule has 0 N–H and O–H groups in total. The molecule has 34 heavy (non-hydrogen) atoms. The highest BCUT2D eigenvalue weighted by molar-refractivity contribution is 7.91. The fraction of sp³-hybridized carbons (Fsp3) is 0.200. The van der Waals surface area contributed by atoms with Crippen LogP contribution < -0.4 is 9.64 Å². The molecule has 0 atom stereocenters. The van der Waals surface area contributed by atoms with Gasteiger partial charge < -0.3 is 9.64 Å². The second-order valence-corrected chi connectivity index (χ2v) is 11.1. The number of sulfone groups is 1. The van der Waals surface area contributed by atoms with Gasteiger partial charge in [0.2, 0.25) is 0 Å². The first-order chi connectivity index (χ1) is 16.2. The first-order valence-electron chi connectivity index (χ1n) is 10.6. The number of thiazole rings is 1. The summed E-state index contributed by atoms with van der Waals surface area (Å²) in [4.78, 5) is 21.9. The Hall–Kier alpha value is -3.27. The minimum absolute atomic E-state index is 0.158. The average molecular weight is 496 g/mol. The van der Waals surface area contributed by atoms with Crippen LogP contribution in [0, 0.1) is 0 Å². The minimum Gasteiger partial charge on any atom is -0.457 e. The van der Waals surface area contributed by atoms with E-state index in [0.29, 0.717) is 45.5 Å². The molecule has 1 amide bonds. The summed E-state index contributed by atoms with van der Waals surface area (Å²) in [5.74, 6) is 0.990. The van der Waals surface area contributed by atoms with Crippen LogP contribution in [0.5, 0.6) is 11.5 Å². The number of anilines is 1. The lowest BCUT2D eigenvalue weighted by atomic mass is 10.2. The molecule has 0 unspecified atom stereocenters. The lowest BCUT2D eigenvalue weighted by Crippen LogP contribution is -2.36. The predicted octanol–water partition coefficient (Wildman–Crippen LogP) is 4.70. The Balaban J connectivity index is 1.71. The molecule has 4 rings (SSSR count). The van der Waals surface area contributed by atoms with Crippen molar-refractivity contribution in [3.05, 3.63) is 78.4 Å². The molecular formula is C25H25N3O4S2. The van der Waals surface area contributed by atoms with Crippen molar-refractivity contribution in [3.8, 4) is 11.5 Å². The molecule has 9 heteroatoms. The molecule has 1 aromatic heterocycles. The summed E-state index contributed by atoms with van der Waals surface area (Å²) in [6.45, 7) is 1.00. The Morgan fingerprint density at radius 1 is 0.941 bits per heavy atom. The van der Waals surface area contributed by atoms with Gasteiger partial charge in [-0.3, -0.25) is 9.69 Å². The summed E-state index contributed by atoms with van der Waals surface area (Å²) >= 11 is 1.30. The predicted molar refractivity (Wildman–Crippen MR) is 136 cm³/mol. The second kappa shape index (κ2) is 9.92. The first kappa shape index (κ1) is 23.9. The van der Waals surface area contributed by atoms with Crippen molar-refractivity contribution in [2.24, 2.45) is 0 Å². The van der Waals surface area contributed by atoms with Gasteiger partial charge in [-0.15, -0.1) is 0 Å². The lowest BCUT2D eigenvalue weighted by molar-refractivity contribution is 0.0985. The number of ether oxygens (including phenoxy) is 1. The number of benzene rings is 3. The van der Waals surface area contributed by atoms with E-state index in [4.69, 9.17) is 4.74 Å². The monoisotopic (exact) mass is 495 g/mol. The van der Waals surface area contributed by atoms with E-state index < -0.39 is 9.84 Å². The molecule has 0 aliphatic carbocycles. The molecule has 176 valence electrons. The molecule has 1 heterocycles. The van der Waals surface area contributed by atoms with Gasteiger partial charge in [0.15, 0.2) is 15.0 Å². The third kappa shape index (κ3) is 5.44. The topological polar surface area (TPSA) is 79.8 Å². The molecular weight excluding hydrogens is 470 g/mol. The van der Waals surface area contributed by atoms with Crippen LogP contribution in [0.1, 0.15) is 10.4 Å².